The molecule has 0 spiro atoms. The number of ether oxygens (including phenoxy) is 3. The van der Waals surface area contributed by atoms with Crippen LogP contribution < -0.4 is 10.1 Å². The average Bonchev–Trinajstić information content (AvgIpc) is 3.08. The molecule has 0 saturated heterocycles. The Bertz CT molecular complexity index is 1730. The molecule has 3 aromatic carbocycles. The zero-order chi connectivity index (χ0) is 38.6. The van der Waals surface area contributed by atoms with Crippen molar-refractivity contribution < 1.29 is 47.0 Å². The summed E-state index contributed by atoms with van der Waals surface area (Å²) in [6.07, 6.45) is -1.04. The van der Waals surface area contributed by atoms with Crippen LogP contribution in [0.15, 0.2) is 66.7 Å². The van der Waals surface area contributed by atoms with Gasteiger partial charge in [0.1, 0.15) is 11.5 Å². The van der Waals surface area contributed by atoms with Gasteiger partial charge in [0.15, 0.2) is 0 Å². The maximum Gasteiger partial charge on any atom is 0.439 e. The summed E-state index contributed by atoms with van der Waals surface area (Å²) in [5.74, 6) is -2.86. The van der Waals surface area contributed by atoms with Gasteiger partial charge >= 0.3 is 19.7 Å². The zero-order valence-electron chi connectivity index (χ0n) is 31.4. The number of imide groups is 1. The smallest absolute Gasteiger partial charge is 0.439 e. The molecule has 0 fully saturated rings. The fourth-order valence-corrected chi connectivity index (χ4v) is 7.43. The third-order valence-electron chi connectivity index (χ3n) is 7.75. The number of nitrogens with one attached hydrogen (secondary N) is 1. The lowest BCUT2D eigenvalue weighted by atomic mass is 10.0. The summed E-state index contributed by atoms with van der Waals surface area (Å²) in [6.45, 7) is 12.6. The van der Waals surface area contributed by atoms with E-state index in [0.29, 0.717) is 16.3 Å². The van der Waals surface area contributed by atoms with Crippen LogP contribution in [0.4, 0.5) is 4.79 Å². The summed E-state index contributed by atoms with van der Waals surface area (Å²) in [5, 5.41) is 4.56. The molecule has 0 saturated carbocycles. The van der Waals surface area contributed by atoms with Crippen LogP contribution in [0.3, 0.4) is 0 Å². The highest BCUT2D eigenvalue weighted by Gasteiger charge is 2.42. The second-order valence-electron chi connectivity index (χ2n) is 12.9. The number of aryl methyl sites for hydroxylation is 2. The van der Waals surface area contributed by atoms with E-state index in [0.717, 1.165) is 21.7 Å². The molecule has 0 aromatic heterocycles. The van der Waals surface area contributed by atoms with Gasteiger partial charge in [-0.2, -0.15) is 0 Å². The predicted molar refractivity (Wildman–Crippen MR) is 196 cm³/mol. The molecule has 52 heavy (non-hydrogen) atoms. The second kappa shape index (κ2) is 18.8. The van der Waals surface area contributed by atoms with Gasteiger partial charge in [-0.15, -0.1) is 5.01 Å². The van der Waals surface area contributed by atoms with Crippen molar-refractivity contribution in [3.8, 4) is 5.75 Å². The van der Waals surface area contributed by atoms with Crippen molar-refractivity contribution in [1.29, 1.82) is 0 Å². The van der Waals surface area contributed by atoms with E-state index in [2.05, 4.69) is 5.32 Å². The minimum absolute atomic E-state index is 0.0810. The molecule has 0 bridgehead atoms. The Kier molecular flexibility index (Phi) is 15.1. The summed E-state index contributed by atoms with van der Waals surface area (Å²) < 4.78 is 40.7. The minimum Gasteiger partial charge on any atom is -0.496 e. The number of methoxy groups -OCH3 is 1. The first-order valence-corrected chi connectivity index (χ1v) is 18.6. The normalized spacial score (nSPS) is 12.1. The average molecular weight is 740 g/mol. The summed E-state index contributed by atoms with van der Waals surface area (Å²) in [7, 11) is -2.27. The topological polar surface area (TPSA) is 150 Å². The van der Waals surface area contributed by atoms with Crippen LogP contribution in [-0.4, -0.2) is 78.9 Å². The lowest BCUT2D eigenvalue weighted by Crippen LogP contribution is -2.60. The minimum atomic E-state index is -3.72. The van der Waals surface area contributed by atoms with Gasteiger partial charge in [0.05, 0.1) is 32.4 Å². The number of carbonyl (C=O) groups excluding carboxylic acids is 4. The van der Waals surface area contributed by atoms with Crippen molar-refractivity contribution in [2.45, 2.75) is 73.1 Å². The van der Waals surface area contributed by atoms with Crippen LogP contribution in [0.1, 0.15) is 77.6 Å². The standard InChI is InChI=1S/C38H50N3O10P/c1-10-50-52(46,51-11-2)33(23-29-16-13-12-14-17-29)39-24-34(42)48-25-49-37(45)40(36(44)31-18-15-19-32(47-9)28(31)5)41(38(6,7)8)35(43)30-21-26(3)20-27(4)22-30/h12-22,33,39H,10-11,23-25H2,1-9H3. The summed E-state index contributed by atoms with van der Waals surface area (Å²) >= 11 is 0. The summed E-state index contributed by atoms with van der Waals surface area (Å²) in [6, 6.07) is 19.2. The van der Waals surface area contributed by atoms with Gasteiger partial charge in [-0.25, -0.2) is 9.80 Å². The number of hydrazine groups is 1. The highest BCUT2D eigenvalue weighted by atomic mass is 31.2. The molecule has 0 aliphatic rings. The van der Waals surface area contributed by atoms with Gasteiger partial charge in [-0.3, -0.25) is 24.3 Å². The molecule has 3 amide bonds. The largest absolute Gasteiger partial charge is 0.496 e. The maximum absolute atomic E-state index is 14.3. The van der Waals surface area contributed by atoms with Crippen molar-refractivity contribution in [3.63, 3.8) is 0 Å². The monoisotopic (exact) mass is 739 g/mol. The summed E-state index contributed by atoms with van der Waals surface area (Å²) in [5.41, 5.74) is 2.09. The third-order valence-corrected chi connectivity index (χ3v) is 10.1. The van der Waals surface area contributed by atoms with Crippen molar-refractivity contribution in [1.82, 2.24) is 15.3 Å². The van der Waals surface area contributed by atoms with Gasteiger partial charge in [-0.1, -0.05) is 53.6 Å². The number of esters is 1. The van der Waals surface area contributed by atoms with Crippen LogP contribution in [0.5, 0.6) is 5.75 Å². The highest BCUT2D eigenvalue weighted by molar-refractivity contribution is 7.54. The number of hydrogen-bond acceptors (Lipinski definition) is 11. The predicted octanol–water partition coefficient (Wildman–Crippen LogP) is 6.98. The molecular weight excluding hydrogens is 689 g/mol. The maximum atomic E-state index is 14.3. The van der Waals surface area contributed by atoms with Crippen LogP contribution in [-0.2, 0) is 34.3 Å². The van der Waals surface area contributed by atoms with E-state index in [9.17, 15) is 23.7 Å². The number of nitrogens with zero attached hydrogens (tertiary/aromatic N) is 2. The Labute approximate surface area is 306 Å². The Morgan fingerprint density at radius 3 is 2.00 bits per heavy atom. The zero-order valence-corrected chi connectivity index (χ0v) is 32.3. The fourth-order valence-electron chi connectivity index (χ4n) is 5.52. The van der Waals surface area contributed by atoms with Crippen LogP contribution in [0, 0.1) is 20.8 Å². The fraction of sp³-hybridized carbons (Fsp3) is 0.421. The molecule has 1 unspecified atom stereocenters. The molecule has 13 nitrogen and oxygen atoms in total. The first kappa shape index (κ1) is 41.9. The van der Waals surface area contributed by atoms with E-state index in [1.54, 1.807) is 65.8 Å². The molecule has 0 radical (unpaired) electrons. The molecular formula is C38H50N3O10P. The van der Waals surface area contributed by atoms with Gasteiger partial charge in [0.2, 0.25) is 6.79 Å². The van der Waals surface area contributed by atoms with Crippen molar-refractivity contribution in [2.75, 3.05) is 33.7 Å². The van der Waals surface area contributed by atoms with E-state index in [4.69, 9.17) is 23.3 Å². The molecule has 3 aromatic rings. The number of benzene rings is 3. The van der Waals surface area contributed by atoms with Gasteiger partial charge in [-0.05, 0) is 91.6 Å². The molecule has 1 atom stereocenters. The van der Waals surface area contributed by atoms with Crippen LogP contribution in [0.25, 0.3) is 0 Å². The molecule has 3 rings (SSSR count). The van der Waals surface area contributed by atoms with Gasteiger partial charge in [0, 0.05) is 16.7 Å². The van der Waals surface area contributed by atoms with Crippen molar-refractivity contribution >= 4 is 31.5 Å². The van der Waals surface area contributed by atoms with E-state index in [1.165, 1.54) is 13.2 Å². The van der Waals surface area contributed by atoms with E-state index < -0.39 is 56.1 Å². The first-order chi connectivity index (χ1) is 24.6. The molecule has 0 aliphatic carbocycles. The quantitative estimate of drug-likeness (QED) is 0.0745. The number of rotatable bonds is 15. The van der Waals surface area contributed by atoms with Gasteiger partial charge < -0.3 is 23.3 Å². The second-order valence-corrected chi connectivity index (χ2v) is 15.1. The Hall–Kier alpha value is -4.55. The van der Waals surface area contributed by atoms with E-state index in [1.807, 2.05) is 50.2 Å². The molecule has 0 aliphatic heterocycles. The third kappa shape index (κ3) is 11.0. The number of carbonyl (C=O) groups is 4. The Morgan fingerprint density at radius 1 is 0.827 bits per heavy atom. The van der Waals surface area contributed by atoms with Crippen LogP contribution in [0.2, 0.25) is 0 Å². The first-order valence-electron chi connectivity index (χ1n) is 17.0. The van der Waals surface area contributed by atoms with Crippen molar-refractivity contribution in [3.05, 3.63) is 100 Å². The van der Waals surface area contributed by atoms with Crippen LogP contribution >= 0.6 is 7.60 Å². The summed E-state index contributed by atoms with van der Waals surface area (Å²) in [4.78, 5) is 55.2. The Morgan fingerprint density at radius 2 is 1.44 bits per heavy atom. The number of hydrogen-bond donors (Lipinski definition) is 1. The highest BCUT2D eigenvalue weighted by Crippen LogP contribution is 2.52. The molecule has 282 valence electrons. The SMILES string of the molecule is CCOP(=O)(OCC)C(Cc1ccccc1)NCC(=O)OCOC(=O)N(C(=O)c1cccc(OC)c1C)N(C(=O)c1cc(C)cc(C)c1)C(C)(C)C. The lowest BCUT2D eigenvalue weighted by Gasteiger charge is -2.41. The number of amides is 3. The lowest BCUT2D eigenvalue weighted by molar-refractivity contribution is -0.152. The van der Waals surface area contributed by atoms with E-state index in [-0.39, 0.29) is 30.8 Å². The van der Waals surface area contributed by atoms with Crippen molar-refractivity contribution in [2.24, 2.45) is 0 Å². The molecule has 1 N–H and O–H groups in total. The molecule has 14 heteroatoms. The Balaban J connectivity index is 1.87. The van der Waals surface area contributed by atoms with Gasteiger partial charge in [0.25, 0.3) is 11.8 Å². The van der Waals surface area contributed by atoms with E-state index >= 15 is 0 Å². The molecule has 0 heterocycles.